The van der Waals surface area contributed by atoms with Gasteiger partial charge in [0.1, 0.15) is 5.82 Å². The van der Waals surface area contributed by atoms with Crippen LogP contribution >= 0.6 is 0 Å². The van der Waals surface area contributed by atoms with Crippen LogP contribution in [0.2, 0.25) is 0 Å². The Bertz CT molecular complexity index is 629. The van der Waals surface area contributed by atoms with E-state index in [2.05, 4.69) is 34.6 Å². The lowest BCUT2D eigenvalue weighted by Gasteiger charge is -2.16. The molecule has 0 amide bonds. The molecule has 0 bridgehead atoms. The van der Waals surface area contributed by atoms with Gasteiger partial charge >= 0.3 is 0 Å². The third-order valence-electron chi connectivity index (χ3n) is 4.53. The Morgan fingerprint density at radius 3 is 2.71 bits per heavy atom. The Kier molecular flexibility index (Phi) is 4.08. The number of pyridine rings is 1. The molecule has 1 aromatic carbocycles. The highest BCUT2D eigenvalue weighted by Crippen LogP contribution is 2.30. The molecule has 21 heavy (non-hydrogen) atoms. The molecule has 3 atom stereocenters. The minimum Gasteiger partial charge on any atom is -0.390 e. The fourth-order valence-electron chi connectivity index (χ4n) is 3.17. The highest BCUT2D eigenvalue weighted by Gasteiger charge is 2.32. The number of hydrogen-bond acceptors (Lipinski definition) is 4. The van der Waals surface area contributed by atoms with Crippen molar-refractivity contribution in [1.82, 2.24) is 4.98 Å². The van der Waals surface area contributed by atoms with Crippen molar-refractivity contribution >= 4 is 16.7 Å². The number of nitrogens with one attached hydrogen (secondary N) is 1. The summed E-state index contributed by atoms with van der Waals surface area (Å²) in [5.74, 6) is 1.08. The molecule has 1 fully saturated rings. The zero-order chi connectivity index (χ0) is 14.8. The fourth-order valence-corrected chi connectivity index (χ4v) is 3.17. The summed E-state index contributed by atoms with van der Waals surface area (Å²) >= 11 is 0. The van der Waals surface area contributed by atoms with E-state index in [-0.39, 0.29) is 5.92 Å². The molecule has 0 saturated heterocycles. The van der Waals surface area contributed by atoms with Crippen molar-refractivity contribution in [3.63, 3.8) is 0 Å². The number of aryl methyl sites for hydroxylation is 1. The number of nitrogens with zero attached hydrogens (tertiary/aromatic N) is 1. The zero-order valence-corrected chi connectivity index (χ0v) is 12.3. The van der Waals surface area contributed by atoms with Gasteiger partial charge in [-0.3, -0.25) is 0 Å². The van der Waals surface area contributed by atoms with Crippen LogP contribution in [0.1, 0.15) is 24.8 Å². The van der Waals surface area contributed by atoms with Gasteiger partial charge in [0.05, 0.1) is 17.7 Å². The molecule has 0 aliphatic heterocycles. The van der Waals surface area contributed by atoms with Crippen molar-refractivity contribution in [3.05, 3.63) is 35.9 Å². The van der Waals surface area contributed by atoms with E-state index < -0.39 is 12.2 Å². The molecule has 1 heterocycles. The molecule has 1 aromatic heterocycles. The number of rotatable bonds is 4. The lowest BCUT2D eigenvalue weighted by atomic mass is 9.96. The van der Waals surface area contributed by atoms with Gasteiger partial charge in [0.2, 0.25) is 0 Å². The Morgan fingerprint density at radius 1 is 1.19 bits per heavy atom. The normalized spacial score (nSPS) is 25.4. The third-order valence-corrected chi connectivity index (χ3v) is 4.53. The molecule has 1 saturated carbocycles. The molecular formula is C17H22N2O2. The minimum atomic E-state index is -0.556. The molecule has 0 radical (unpaired) electrons. The number of hydrogen-bond donors (Lipinski definition) is 3. The maximum atomic E-state index is 9.90. The topological polar surface area (TPSA) is 65.4 Å². The Balaban J connectivity index is 1.72. The van der Waals surface area contributed by atoms with E-state index in [1.54, 1.807) is 0 Å². The first-order valence-electron chi connectivity index (χ1n) is 7.61. The van der Waals surface area contributed by atoms with Gasteiger partial charge in [-0.25, -0.2) is 4.98 Å². The van der Waals surface area contributed by atoms with Crippen molar-refractivity contribution in [2.45, 2.75) is 37.9 Å². The number of anilines is 1. The van der Waals surface area contributed by atoms with E-state index in [9.17, 15) is 10.2 Å². The fraction of sp³-hybridized carbons (Fsp3) is 0.471. The van der Waals surface area contributed by atoms with Crippen LogP contribution in [0, 0.1) is 5.92 Å². The standard InChI is InChI=1S/C17H22N2O2/c1-18-16-9-7-12-4-2-11(10-14(12)19-16)3-5-13-6-8-15(20)17(13)21/h2,4,7,9-10,13,15,17,20-21H,3,5-6,8H2,1H3,(H,18,19). The maximum Gasteiger partial charge on any atom is 0.126 e. The van der Waals surface area contributed by atoms with Crippen LogP contribution in [-0.2, 0) is 6.42 Å². The molecule has 3 N–H and O–H groups in total. The molecule has 0 spiro atoms. The van der Waals surface area contributed by atoms with Gasteiger partial charge in [0.15, 0.2) is 0 Å². The Labute approximate surface area is 124 Å². The summed E-state index contributed by atoms with van der Waals surface area (Å²) in [6.45, 7) is 0. The van der Waals surface area contributed by atoms with Crippen LogP contribution in [0.5, 0.6) is 0 Å². The average Bonchev–Trinajstić information content (AvgIpc) is 2.83. The van der Waals surface area contributed by atoms with E-state index in [0.717, 1.165) is 42.4 Å². The van der Waals surface area contributed by atoms with Gasteiger partial charge in [-0.15, -0.1) is 0 Å². The summed E-state index contributed by atoms with van der Waals surface area (Å²) in [5.41, 5.74) is 2.23. The number of aliphatic hydroxyl groups is 2. The van der Waals surface area contributed by atoms with Gasteiger partial charge in [-0.1, -0.05) is 12.1 Å². The molecule has 1 aliphatic rings. The van der Waals surface area contributed by atoms with Crippen LogP contribution in [0.15, 0.2) is 30.3 Å². The molecule has 112 valence electrons. The van der Waals surface area contributed by atoms with Crippen LogP contribution in [0.25, 0.3) is 10.9 Å². The van der Waals surface area contributed by atoms with Gasteiger partial charge in [0.25, 0.3) is 0 Å². The van der Waals surface area contributed by atoms with Crippen LogP contribution in [0.3, 0.4) is 0 Å². The molecular weight excluding hydrogens is 264 g/mol. The summed E-state index contributed by atoms with van der Waals surface area (Å²) in [7, 11) is 1.87. The van der Waals surface area contributed by atoms with Crippen LogP contribution in [0.4, 0.5) is 5.82 Å². The van der Waals surface area contributed by atoms with Crippen LogP contribution < -0.4 is 5.32 Å². The molecule has 4 heteroatoms. The van der Waals surface area contributed by atoms with E-state index >= 15 is 0 Å². The summed E-state index contributed by atoms with van der Waals surface area (Å²) in [6.07, 6.45) is 2.37. The van der Waals surface area contributed by atoms with Crippen molar-refractivity contribution in [3.8, 4) is 0 Å². The highest BCUT2D eigenvalue weighted by atomic mass is 16.3. The SMILES string of the molecule is CNc1ccc2ccc(CCC3CCC(O)C3O)cc2n1. The Hall–Kier alpha value is -1.65. The first kappa shape index (κ1) is 14.3. The number of aliphatic hydroxyl groups excluding tert-OH is 2. The van der Waals surface area contributed by atoms with Gasteiger partial charge < -0.3 is 15.5 Å². The molecule has 2 aromatic rings. The first-order valence-corrected chi connectivity index (χ1v) is 7.61. The molecule has 3 unspecified atom stereocenters. The van der Waals surface area contributed by atoms with E-state index in [0.29, 0.717) is 0 Å². The zero-order valence-electron chi connectivity index (χ0n) is 12.3. The monoisotopic (exact) mass is 286 g/mol. The van der Waals surface area contributed by atoms with Gasteiger partial charge in [-0.2, -0.15) is 0 Å². The number of aromatic nitrogens is 1. The number of benzene rings is 1. The maximum absolute atomic E-state index is 9.90. The van der Waals surface area contributed by atoms with Gasteiger partial charge in [0, 0.05) is 12.4 Å². The van der Waals surface area contributed by atoms with E-state index in [4.69, 9.17) is 0 Å². The Morgan fingerprint density at radius 2 is 2.00 bits per heavy atom. The van der Waals surface area contributed by atoms with Crippen molar-refractivity contribution in [2.75, 3.05) is 12.4 Å². The van der Waals surface area contributed by atoms with Crippen molar-refractivity contribution < 1.29 is 10.2 Å². The molecule has 1 aliphatic carbocycles. The predicted molar refractivity (Wildman–Crippen MR) is 84.3 cm³/mol. The highest BCUT2D eigenvalue weighted by molar-refractivity contribution is 5.80. The summed E-state index contributed by atoms with van der Waals surface area (Å²) in [5, 5.41) is 23.7. The molecule has 4 nitrogen and oxygen atoms in total. The van der Waals surface area contributed by atoms with Crippen molar-refractivity contribution in [1.29, 1.82) is 0 Å². The van der Waals surface area contributed by atoms with Gasteiger partial charge in [-0.05, 0) is 55.4 Å². The average molecular weight is 286 g/mol. The quantitative estimate of drug-likeness (QED) is 0.807. The predicted octanol–water partition coefficient (Wildman–Crippen LogP) is 2.34. The van der Waals surface area contributed by atoms with Crippen LogP contribution in [-0.4, -0.2) is 34.5 Å². The minimum absolute atomic E-state index is 0.215. The van der Waals surface area contributed by atoms with Crippen molar-refractivity contribution in [2.24, 2.45) is 5.92 Å². The largest absolute Gasteiger partial charge is 0.390 e. The van der Waals surface area contributed by atoms with E-state index in [1.807, 2.05) is 13.1 Å². The summed E-state index contributed by atoms with van der Waals surface area (Å²) in [6, 6.07) is 10.4. The summed E-state index contributed by atoms with van der Waals surface area (Å²) in [4.78, 5) is 4.56. The lowest BCUT2D eigenvalue weighted by Crippen LogP contribution is -2.25. The second-order valence-corrected chi connectivity index (χ2v) is 5.91. The van der Waals surface area contributed by atoms with E-state index in [1.165, 1.54) is 5.56 Å². The second-order valence-electron chi connectivity index (χ2n) is 5.91. The third kappa shape index (κ3) is 3.01. The number of fused-ring (bicyclic) bond motifs is 1. The summed E-state index contributed by atoms with van der Waals surface area (Å²) < 4.78 is 0. The second kappa shape index (κ2) is 6.00. The first-order chi connectivity index (χ1) is 10.2. The molecule has 3 rings (SSSR count). The smallest absolute Gasteiger partial charge is 0.126 e. The lowest BCUT2D eigenvalue weighted by molar-refractivity contribution is 0.0189.